The Bertz CT molecular complexity index is 685. The van der Waals surface area contributed by atoms with Crippen LogP contribution in [-0.2, 0) is 22.4 Å². The summed E-state index contributed by atoms with van der Waals surface area (Å²) in [6.45, 7) is 0.276. The summed E-state index contributed by atoms with van der Waals surface area (Å²) >= 11 is 0. The highest BCUT2D eigenvalue weighted by Crippen LogP contribution is 2.19. The number of hydrogen-bond acceptors (Lipinski definition) is 3. The van der Waals surface area contributed by atoms with Crippen molar-refractivity contribution in [2.75, 3.05) is 6.61 Å². The highest BCUT2D eigenvalue weighted by Gasteiger charge is 2.37. The van der Waals surface area contributed by atoms with Gasteiger partial charge in [-0.1, -0.05) is 60.7 Å². The van der Waals surface area contributed by atoms with Crippen LogP contribution in [0.3, 0.4) is 0 Å². The van der Waals surface area contributed by atoms with E-state index in [-0.39, 0.29) is 18.6 Å². The first-order valence-electron chi connectivity index (χ1n) is 8.30. The van der Waals surface area contributed by atoms with Crippen molar-refractivity contribution >= 4 is 12.0 Å². The van der Waals surface area contributed by atoms with Crippen LogP contribution in [0.4, 0.5) is 4.79 Å². The van der Waals surface area contributed by atoms with Gasteiger partial charge < -0.3 is 4.74 Å². The molecule has 0 saturated carbocycles. The molecule has 3 rings (SSSR count). The van der Waals surface area contributed by atoms with Gasteiger partial charge in [0.1, 0.15) is 6.61 Å². The SMILES string of the molecule is O=C(CCCc1ccccc1)N1C(=O)OC[C@H]1Cc1ccccc1. The molecule has 2 amide bonds. The molecule has 0 unspecified atom stereocenters. The molecule has 0 aliphatic carbocycles. The first-order chi connectivity index (χ1) is 11.7. The number of aryl methyl sites for hydroxylation is 1. The van der Waals surface area contributed by atoms with E-state index < -0.39 is 6.09 Å². The molecule has 1 fully saturated rings. The lowest BCUT2D eigenvalue weighted by Gasteiger charge is -2.19. The van der Waals surface area contributed by atoms with Crippen LogP contribution in [0.1, 0.15) is 24.0 Å². The van der Waals surface area contributed by atoms with E-state index in [0.29, 0.717) is 12.8 Å². The quantitative estimate of drug-likeness (QED) is 0.816. The van der Waals surface area contributed by atoms with Gasteiger partial charge in [-0.05, 0) is 30.4 Å². The molecule has 124 valence electrons. The minimum Gasteiger partial charge on any atom is -0.447 e. The van der Waals surface area contributed by atoms with Gasteiger partial charge in [-0.2, -0.15) is 0 Å². The van der Waals surface area contributed by atoms with E-state index in [1.54, 1.807) is 0 Å². The highest BCUT2D eigenvalue weighted by atomic mass is 16.6. The van der Waals surface area contributed by atoms with Crippen molar-refractivity contribution in [3.05, 3.63) is 71.8 Å². The van der Waals surface area contributed by atoms with Gasteiger partial charge >= 0.3 is 6.09 Å². The predicted molar refractivity (Wildman–Crippen MR) is 91.5 cm³/mol. The van der Waals surface area contributed by atoms with Crippen molar-refractivity contribution in [3.63, 3.8) is 0 Å². The number of carbonyl (C=O) groups is 2. The molecule has 0 bridgehead atoms. The molecule has 1 saturated heterocycles. The fraction of sp³-hybridized carbons (Fsp3) is 0.300. The van der Waals surface area contributed by atoms with Crippen LogP contribution in [0, 0.1) is 0 Å². The fourth-order valence-electron chi connectivity index (χ4n) is 3.01. The van der Waals surface area contributed by atoms with Crippen molar-refractivity contribution < 1.29 is 14.3 Å². The maximum atomic E-state index is 12.5. The summed E-state index contributed by atoms with van der Waals surface area (Å²) in [6, 6.07) is 19.7. The number of benzene rings is 2. The molecule has 1 aliphatic rings. The highest BCUT2D eigenvalue weighted by molar-refractivity contribution is 5.93. The van der Waals surface area contributed by atoms with Crippen LogP contribution in [0.15, 0.2) is 60.7 Å². The van der Waals surface area contributed by atoms with E-state index in [2.05, 4.69) is 0 Å². The number of nitrogens with zero attached hydrogens (tertiary/aromatic N) is 1. The summed E-state index contributed by atoms with van der Waals surface area (Å²) in [5.74, 6) is -0.144. The Morgan fingerprint density at radius 2 is 1.62 bits per heavy atom. The van der Waals surface area contributed by atoms with Crippen molar-refractivity contribution in [3.8, 4) is 0 Å². The predicted octanol–water partition coefficient (Wildman–Crippen LogP) is 3.60. The number of imide groups is 1. The zero-order valence-electron chi connectivity index (χ0n) is 13.6. The van der Waals surface area contributed by atoms with Gasteiger partial charge in [0, 0.05) is 6.42 Å². The van der Waals surface area contributed by atoms with Gasteiger partial charge in [0.15, 0.2) is 0 Å². The van der Waals surface area contributed by atoms with Crippen LogP contribution in [-0.4, -0.2) is 29.5 Å². The van der Waals surface area contributed by atoms with Crippen LogP contribution < -0.4 is 0 Å². The third-order valence-electron chi connectivity index (χ3n) is 4.24. The first kappa shape index (κ1) is 16.2. The molecule has 4 nitrogen and oxygen atoms in total. The summed E-state index contributed by atoms with van der Waals surface area (Å²) < 4.78 is 5.10. The van der Waals surface area contributed by atoms with Crippen LogP contribution in [0.2, 0.25) is 0 Å². The minimum atomic E-state index is -0.513. The number of carbonyl (C=O) groups excluding carboxylic acids is 2. The molecule has 0 N–H and O–H groups in total. The first-order valence-corrected chi connectivity index (χ1v) is 8.30. The summed E-state index contributed by atoms with van der Waals surface area (Å²) in [5.41, 5.74) is 2.30. The van der Waals surface area contributed by atoms with Crippen LogP contribution in [0.5, 0.6) is 0 Å². The third kappa shape index (κ3) is 4.02. The summed E-state index contributed by atoms with van der Waals surface area (Å²) in [7, 11) is 0. The average molecular weight is 323 g/mol. The molecule has 4 heteroatoms. The van der Waals surface area contributed by atoms with E-state index in [1.807, 2.05) is 60.7 Å². The van der Waals surface area contributed by atoms with E-state index >= 15 is 0 Å². The van der Waals surface area contributed by atoms with Crippen molar-refractivity contribution in [1.29, 1.82) is 0 Å². The Labute approximate surface area is 142 Å². The molecule has 2 aromatic rings. The zero-order chi connectivity index (χ0) is 16.8. The maximum Gasteiger partial charge on any atom is 0.416 e. The molecule has 0 radical (unpaired) electrons. The standard InChI is InChI=1S/C20H21NO3/c22-19(13-7-12-16-8-3-1-4-9-16)21-18(15-24-20(21)23)14-17-10-5-2-6-11-17/h1-6,8-11,18H,7,12-15H2/t18-/m1/s1. The van der Waals surface area contributed by atoms with Gasteiger partial charge in [-0.3, -0.25) is 4.79 Å². The van der Waals surface area contributed by atoms with E-state index in [0.717, 1.165) is 18.4 Å². The molecular weight excluding hydrogens is 302 g/mol. The molecule has 1 atom stereocenters. The zero-order valence-corrected chi connectivity index (χ0v) is 13.6. The van der Waals surface area contributed by atoms with Gasteiger partial charge in [0.25, 0.3) is 0 Å². The van der Waals surface area contributed by atoms with E-state index in [9.17, 15) is 9.59 Å². The monoisotopic (exact) mass is 323 g/mol. The summed E-state index contributed by atoms with van der Waals surface area (Å²) in [6.07, 6.45) is 2.04. The Morgan fingerprint density at radius 1 is 1.00 bits per heavy atom. The molecule has 1 aliphatic heterocycles. The Hall–Kier alpha value is -2.62. The van der Waals surface area contributed by atoms with Gasteiger partial charge in [0.05, 0.1) is 6.04 Å². The van der Waals surface area contributed by atoms with Crippen molar-refractivity contribution in [2.24, 2.45) is 0 Å². The van der Waals surface area contributed by atoms with Crippen LogP contribution in [0.25, 0.3) is 0 Å². The number of cyclic esters (lactones) is 1. The average Bonchev–Trinajstić information content (AvgIpc) is 2.97. The second-order valence-corrected chi connectivity index (χ2v) is 6.02. The van der Waals surface area contributed by atoms with Crippen LogP contribution >= 0.6 is 0 Å². The fourth-order valence-corrected chi connectivity index (χ4v) is 3.01. The Morgan fingerprint density at radius 3 is 2.29 bits per heavy atom. The Balaban J connectivity index is 1.56. The topological polar surface area (TPSA) is 46.6 Å². The van der Waals surface area contributed by atoms with Gasteiger partial charge in [-0.15, -0.1) is 0 Å². The largest absolute Gasteiger partial charge is 0.447 e. The lowest BCUT2D eigenvalue weighted by molar-refractivity contribution is -0.129. The van der Waals surface area contributed by atoms with Gasteiger partial charge in [0.2, 0.25) is 5.91 Å². The molecule has 2 aromatic carbocycles. The number of rotatable bonds is 6. The number of ether oxygens (including phenoxy) is 1. The maximum absolute atomic E-state index is 12.5. The molecule has 0 spiro atoms. The molecular formula is C20H21NO3. The lowest BCUT2D eigenvalue weighted by Crippen LogP contribution is -2.40. The number of amides is 2. The second kappa shape index (κ2) is 7.77. The third-order valence-corrected chi connectivity index (χ3v) is 4.24. The van der Waals surface area contributed by atoms with Gasteiger partial charge in [-0.25, -0.2) is 9.69 Å². The normalized spacial score (nSPS) is 16.9. The van der Waals surface area contributed by atoms with Crippen molar-refractivity contribution in [1.82, 2.24) is 4.90 Å². The van der Waals surface area contributed by atoms with E-state index in [4.69, 9.17) is 4.74 Å². The molecule has 0 aromatic heterocycles. The Kier molecular flexibility index (Phi) is 5.26. The summed E-state index contributed by atoms with van der Waals surface area (Å²) in [4.78, 5) is 25.7. The number of hydrogen-bond donors (Lipinski definition) is 0. The molecule has 24 heavy (non-hydrogen) atoms. The smallest absolute Gasteiger partial charge is 0.416 e. The summed E-state index contributed by atoms with van der Waals surface area (Å²) in [5, 5.41) is 0. The molecule has 1 heterocycles. The minimum absolute atomic E-state index is 0.144. The van der Waals surface area contributed by atoms with E-state index in [1.165, 1.54) is 10.5 Å². The lowest BCUT2D eigenvalue weighted by atomic mass is 10.0. The van der Waals surface area contributed by atoms with Crippen molar-refractivity contribution in [2.45, 2.75) is 31.7 Å². The second-order valence-electron chi connectivity index (χ2n) is 6.02.